The molecule has 15 heavy (non-hydrogen) atoms. The molecule has 3 nitrogen and oxygen atoms in total. The quantitative estimate of drug-likeness (QED) is 0.694. The van der Waals surface area contributed by atoms with Gasteiger partial charge in [0.2, 0.25) is 5.91 Å². The van der Waals surface area contributed by atoms with Gasteiger partial charge in [-0.3, -0.25) is 4.79 Å². The number of carbonyl (C=O) groups excluding carboxylic acids is 1. The zero-order chi connectivity index (χ0) is 11.3. The average molecular weight is 212 g/mol. The van der Waals surface area contributed by atoms with Gasteiger partial charge < -0.3 is 10.6 Å². The summed E-state index contributed by atoms with van der Waals surface area (Å²) in [6.07, 6.45) is 4.88. The Kier molecular flexibility index (Phi) is 4.58. The molecule has 0 radical (unpaired) electrons. The summed E-state index contributed by atoms with van der Waals surface area (Å²) in [6.45, 7) is 7.87. The molecule has 88 valence electrons. The summed E-state index contributed by atoms with van der Waals surface area (Å²) in [4.78, 5) is 11.8. The highest BCUT2D eigenvalue weighted by Gasteiger charge is 2.23. The third kappa shape index (κ3) is 4.65. The monoisotopic (exact) mass is 212 g/mol. The fourth-order valence-electron chi connectivity index (χ4n) is 1.72. The molecule has 0 unspecified atom stereocenters. The van der Waals surface area contributed by atoms with E-state index in [0.29, 0.717) is 6.04 Å². The molecule has 2 N–H and O–H groups in total. The van der Waals surface area contributed by atoms with E-state index in [1.165, 1.54) is 19.3 Å². The molecule has 1 saturated heterocycles. The number of rotatable bonds is 1. The van der Waals surface area contributed by atoms with Crippen LogP contribution in [-0.4, -0.2) is 25.0 Å². The lowest BCUT2D eigenvalue weighted by molar-refractivity contribution is -0.129. The molecule has 0 aromatic carbocycles. The van der Waals surface area contributed by atoms with E-state index >= 15 is 0 Å². The number of hydrogen-bond acceptors (Lipinski definition) is 2. The summed E-state index contributed by atoms with van der Waals surface area (Å²) in [5.74, 6) is 0.162. The van der Waals surface area contributed by atoms with Crippen molar-refractivity contribution in [1.82, 2.24) is 10.6 Å². The number of hydrogen-bond donors (Lipinski definition) is 2. The maximum atomic E-state index is 11.8. The van der Waals surface area contributed by atoms with E-state index in [1.54, 1.807) is 0 Å². The van der Waals surface area contributed by atoms with Crippen LogP contribution in [0.4, 0.5) is 0 Å². The van der Waals surface area contributed by atoms with Crippen LogP contribution in [0, 0.1) is 5.41 Å². The van der Waals surface area contributed by atoms with Crippen molar-refractivity contribution in [2.24, 2.45) is 5.41 Å². The van der Waals surface area contributed by atoms with E-state index in [-0.39, 0.29) is 11.3 Å². The van der Waals surface area contributed by atoms with E-state index in [9.17, 15) is 4.79 Å². The average Bonchev–Trinajstić information content (AvgIpc) is 2.07. The molecule has 1 aliphatic heterocycles. The molecule has 0 saturated carbocycles. The van der Waals surface area contributed by atoms with Gasteiger partial charge in [0.05, 0.1) is 0 Å². The predicted octanol–water partition coefficient (Wildman–Crippen LogP) is 1.68. The smallest absolute Gasteiger partial charge is 0.225 e. The van der Waals surface area contributed by atoms with Gasteiger partial charge in [-0.15, -0.1) is 0 Å². The van der Waals surface area contributed by atoms with Crippen LogP contribution in [-0.2, 0) is 4.79 Å². The van der Waals surface area contributed by atoms with Crippen molar-refractivity contribution in [3.8, 4) is 0 Å². The highest BCUT2D eigenvalue weighted by atomic mass is 16.2. The van der Waals surface area contributed by atoms with Crippen LogP contribution in [0.25, 0.3) is 0 Å². The molecule has 0 aliphatic carbocycles. The second-order valence-corrected chi connectivity index (χ2v) is 5.47. The molecule has 1 atom stereocenters. The molecule has 0 aromatic heterocycles. The molecule has 3 heteroatoms. The molecule has 1 aliphatic rings. The number of amides is 1. The number of nitrogens with one attached hydrogen (secondary N) is 2. The Morgan fingerprint density at radius 2 is 2.00 bits per heavy atom. The van der Waals surface area contributed by atoms with Crippen molar-refractivity contribution in [1.29, 1.82) is 0 Å². The summed E-state index contributed by atoms with van der Waals surface area (Å²) < 4.78 is 0. The molecular weight excluding hydrogens is 188 g/mol. The van der Waals surface area contributed by atoms with Gasteiger partial charge in [-0.1, -0.05) is 33.6 Å². The Balaban J connectivity index is 2.38. The topological polar surface area (TPSA) is 41.1 Å². The first-order valence-electron chi connectivity index (χ1n) is 6.02. The first-order chi connectivity index (χ1) is 7.00. The largest absolute Gasteiger partial charge is 0.352 e. The highest BCUT2D eigenvalue weighted by Crippen LogP contribution is 2.14. The molecular formula is C12H24N2O. The second kappa shape index (κ2) is 5.50. The fraction of sp³-hybridized carbons (Fsp3) is 0.917. The van der Waals surface area contributed by atoms with Crippen LogP contribution < -0.4 is 10.6 Å². The summed E-state index contributed by atoms with van der Waals surface area (Å²) in [5, 5.41) is 6.50. The van der Waals surface area contributed by atoms with Crippen molar-refractivity contribution in [3.63, 3.8) is 0 Å². The molecule has 0 bridgehead atoms. The Hall–Kier alpha value is -0.570. The summed E-state index contributed by atoms with van der Waals surface area (Å²) >= 11 is 0. The maximum absolute atomic E-state index is 11.8. The third-order valence-corrected chi connectivity index (χ3v) is 2.81. The predicted molar refractivity (Wildman–Crippen MR) is 62.7 cm³/mol. The Bertz CT molecular complexity index is 200. The molecule has 0 aromatic rings. The van der Waals surface area contributed by atoms with Gasteiger partial charge in [-0.25, -0.2) is 0 Å². The van der Waals surface area contributed by atoms with E-state index in [2.05, 4.69) is 10.6 Å². The van der Waals surface area contributed by atoms with Crippen LogP contribution in [0.15, 0.2) is 0 Å². The highest BCUT2D eigenvalue weighted by molar-refractivity contribution is 5.81. The summed E-state index contributed by atoms with van der Waals surface area (Å²) in [7, 11) is 0. The van der Waals surface area contributed by atoms with Crippen molar-refractivity contribution in [3.05, 3.63) is 0 Å². The van der Waals surface area contributed by atoms with Gasteiger partial charge in [0.25, 0.3) is 0 Å². The van der Waals surface area contributed by atoms with Crippen LogP contribution >= 0.6 is 0 Å². The van der Waals surface area contributed by atoms with Crippen molar-refractivity contribution in [2.45, 2.75) is 52.5 Å². The van der Waals surface area contributed by atoms with Gasteiger partial charge in [0, 0.05) is 18.0 Å². The van der Waals surface area contributed by atoms with Gasteiger partial charge in [-0.05, 0) is 19.4 Å². The maximum Gasteiger partial charge on any atom is 0.225 e. The second-order valence-electron chi connectivity index (χ2n) is 5.47. The minimum atomic E-state index is -0.275. The standard InChI is InChI=1S/C12H24N2O/c1-12(2,3)11(15)14-10-7-5-4-6-8-13-9-10/h10,13H,4-9H2,1-3H3,(H,14,15)/t10-/m1/s1. The van der Waals surface area contributed by atoms with Crippen LogP contribution in [0.1, 0.15) is 46.5 Å². The zero-order valence-corrected chi connectivity index (χ0v) is 10.2. The summed E-state index contributed by atoms with van der Waals surface area (Å²) in [5.41, 5.74) is -0.275. The molecule has 1 fully saturated rings. The first-order valence-corrected chi connectivity index (χ1v) is 6.02. The van der Waals surface area contributed by atoms with Crippen LogP contribution in [0.2, 0.25) is 0 Å². The molecule has 1 amide bonds. The van der Waals surface area contributed by atoms with Crippen molar-refractivity contribution >= 4 is 5.91 Å². The van der Waals surface area contributed by atoms with Gasteiger partial charge in [0.15, 0.2) is 0 Å². The first kappa shape index (κ1) is 12.5. The minimum Gasteiger partial charge on any atom is -0.352 e. The van der Waals surface area contributed by atoms with Gasteiger partial charge in [-0.2, -0.15) is 0 Å². The van der Waals surface area contributed by atoms with Crippen molar-refractivity contribution in [2.75, 3.05) is 13.1 Å². The Labute approximate surface area is 93.0 Å². The zero-order valence-electron chi connectivity index (χ0n) is 10.2. The van der Waals surface area contributed by atoms with E-state index in [1.807, 2.05) is 20.8 Å². The lowest BCUT2D eigenvalue weighted by Crippen LogP contribution is -2.47. The van der Waals surface area contributed by atoms with Gasteiger partial charge in [0.1, 0.15) is 0 Å². The number of carbonyl (C=O) groups is 1. The molecule has 0 spiro atoms. The Morgan fingerprint density at radius 3 is 2.67 bits per heavy atom. The van der Waals surface area contributed by atoms with Crippen molar-refractivity contribution < 1.29 is 4.79 Å². The Morgan fingerprint density at radius 1 is 1.27 bits per heavy atom. The SMILES string of the molecule is CC(C)(C)C(=O)N[C@@H]1CCCCCNC1. The van der Waals surface area contributed by atoms with E-state index in [4.69, 9.17) is 0 Å². The van der Waals surface area contributed by atoms with Crippen LogP contribution in [0.5, 0.6) is 0 Å². The molecule has 1 heterocycles. The summed E-state index contributed by atoms with van der Waals surface area (Å²) in [6, 6.07) is 0.317. The third-order valence-electron chi connectivity index (χ3n) is 2.81. The lowest BCUT2D eigenvalue weighted by atomic mass is 9.94. The normalized spacial score (nSPS) is 24.1. The van der Waals surface area contributed by atoms with E-state index < -0.39 is 0 Å². The minimum absolute atomic E-state index is 0.162. The van der Waals surface area contributed by atoms with Gasteiger partial charge >= 0.3 is 0 Å². The van der Waals surface area contributed by atoms with Crippen LogP contribution in [0.3, 0.4) is 0 Å². The lowest BCUT2D eigenvalue weighted by Gasteiger charge is -2.26. The fourth-order valence-corrected chi connectivity index (χ4v) is 1.72. The molecule has 1 rings (SSSR count). The van der Waals surface area contributed by atoms with E-state index in [0.717, 1.165) is 19.5 Å².